The predicted octanol–water partition coefficient (Wildman–Crippen LogP) is -0.589. The lowest BCUT2D eigenvalue weighted by atomic mass is 9.93. The lowest BCUT2D eigenvalue weighted by Gasteiger charge is -2.21. The molecule has 82 valence electrons. The standard InChI is InChI=1S/C9H19BO4/c1-4-13-8-7(12-3)6(5-11-2)14-9(8)10/h6-9H,4-5,10H2,1-3H3/t6-,7-,8+,9-/m1/s1. The van der Waals surface area contributed by atoms with E-state index >= 15 is 0 Å². The molecule has 1 aliphatic heterocycles. The van der Waals surface area contributed by atoms with Gasteiger partial charge in [-0.2, -0.15) is 0 Å². The van der Waals surface area contributed by atoms with Crippen molar-refractivity contribution in [3.63, 3.8) is 0 Å². The summed E-state index contributed by atoms with van der Waals surface area (Å²) in [5.41, 5.74) is 0. The van der Waals surface area contributed by atoms with E-state index in [4.69, 9.17) is 18.9 Å². The van der Waals surface area contributed by atoms with Crippen LogP contribution in [0.5, 0.6) is 0 Å². The zero-order chi connectivity index (χ0) is 10.6. The molecule has 1 aliphatic rings. The summed E-state index contributed by atoms with van der Waals surface area (Å²) in [6.07, 6.45) is -0.0217. The van der Waals surface area contributed by atoms with Gasteiger partial charge in [0.25, 0.3) is 0 Å². The summed E-state index contributed by atoms with van der Waals surface area (Å²) in [6, 6.07) is 0.0695. The first-order chi connectivity index (χ1) is 6.74. The highest BCUT2D eigenvalue weighted by molar-refractivity contribution is 6.11. The van der Waals surface area contributed by atoms with Gasteiger partial charge in [0.05, 0.1) is 12.6 Å². The Labute approximate surface area is 86.3 Å². The van der Waals surface area contributed by atoms with Crippen LogP contribution in [0.2, 0.25) is 0 Å². The van der Waals surface area contributed by atoms with Gasteiger partial charge in [-0.3, -0.25) is 0 Å². The Kier molecular flexibility index (Phi) is 4.88. The third-order valence-corrected chi connectivity index (χ3v) is 2.50. The molecule has 4 atom stereocenters. The first-order valence-corrected chi connectivity index (χ1v) is 5.03. The van der Waals surface area contributed by atoms with E-state index in [0.717, 1.165) is 0 Å². The maximum atomic E-state index is 5.70. The van der Waals surface area contributed by atoms with Gasteiger partial charge in [0.15, 0.2) is 0 Å². The fraction of sp³-hybridized carbons (Fsp3) is 1.00. The smallest absolute Gasteiger partial charge is 0.142 e. The summed E-state index contributed by atoms with van der Waals surface area (Å²) in [7, 11) is 5.34. The van der Waals surface area contributed by atoms with Crippen LogP contribution in [-0.4, -0.2) is 59.6 Å². The van der Waals surface area contributed by atoms with Crippen LogP contribution in [0.3, 0.4) is 0 Å². The molecule has 0 amide bonds. The second-order valence-electron chi connectivity index (χ2n) is 3.46. The fourth-order valence-corrected chi connectivity index (χ4v) is 1.92. The van der Waals surface area contributed by atoms with Crippen LogP contribution in [0.25, 0.3) is 0 Å². The SMILES string of the molecule is B[C@@H]1O[C@H](COC)[C@@H](OC)[C@@H]1OCC. The van der Waals surface area contributed by atoms with E-state index in [2.05, 4.69) is 0 Å². The van der Waals surface area contributed by atoms with Crippen LogP contribution in [0, 0.1) is 0 Å². The molecule has 0 radical (unpaired) electrons. The average Bonchev–Trinajstić information content (AvgIpc) is 2.44. The Morgan fingerprint density at radius 3 is 2.50 bits per heavy atom. The molecule has 0 unspecified atom stereocenters. The molecule has 0 aromatic rings. The van der Waals surface area contributed by atoms with Gasteiger partial charge in [-0.15, -0.1) is 0 Å². The van der Waals surface area contributed by atoms with Gasteiger partial charge in [-0.25, -0.2) is 0 Å². The van der Waals surface area contributed by atoms with Crippen LogP contribution in [0.4, 0.5) is 0 Å². The largest absolute Gasteiger partial charge is 0.382 e. The maximum Gasteiger partial charge on any atom is 0.142 e. The first-order valence-electron chi connectivity index (χ1n) is 5.03. The molecule has 0 N–H and O–H groups in total. The summed E-state index contributed by atoms with van der Waals surface area (Å²) in [4.78, 5) is 0. The molecule has 1 heterocycles. The van der Waals surface area contributed by atoms with Crippen molar-refractivity contribution in [1.82, 2.24) is 0 Å². The molecule has 14 heavy (non-hydrogen) atoms. The summed E-state index contributed by atoms with van der Waals surface area (Å²) in [6.45, 7) is 3.20. The average molecular weight is 202 g/mol. The first kappa shape index (κ1) is 12.0. The molecule has 0 saturated carbocycles. The molecule has 1 fully saturated rings. The number of hydrogen-bond donors (Lipinski definition) is 0. The predicted molar refractivity (Wildman–Crippen MR) is 55.3 cm³/mol. The molecule has 0 spiro atoms. The van der Waals surface area contributed by atoms with Crippen molar-refractivity contribution >= 4 is 7.85 Å². The molecule has 0 bridgehead atoms. The van der Waals surface area contributed by atoms with E-state index in [9.17, 15) is 0 Å². The minimum atomic E-state index is -0.0232. The summed E-state index contributed by atoms with van der Waals surface area (Å²) in [5.74, 6) is 0. The van der Waals surface area contributed by atoms with Gasteiger partial charge >= 0.3 is 0 Å². The number of methoxy groups -OCH3 is 2. The lowest BCUT2D eigenvalue weighted by Crippen LogP contribution is -2.38. The van der Waals surface area contributed by atoms with Crippen molar-refractivity contribution in [2.45, 2.75) is 31.2 Å². The van der Waals surface area contributed by atoms with Gasteiger partial charge in [-0.05, 0) is 6.92 Å². The van der Waals surface area contributed by atoms with Gasteiger partial charge in [0, 0.05) is 20.8 Å². The Balaban J connectivity index is 2.57. The lowest BCUT2D eigenvalue weighted by molar-refractivity contribution is -0.0534. The zero-order valence-corrected chi connectivity index (χ0v) is 9.36. The van der Waals surface area contributed by atoms with E-state index in [1.807, 2.05) is 14.8 Å². The van der Waals surface area contributed by atoms with E-state index in [1.165, 1.54) is 0 Å². The van der Waals surface area contributed by atoms with Crippen LogP contribution in [0.1, 0.15) is 6.92 Å². The van der Waals surface area contributed by atoms with Crippen molar-refractivity contribution < 1.29 is 18.9 Å². The Hall–Kier alpha value is -0.0951. The zero-order valence-electron chi connectivity index (χ0n) is 9.36. The van der Waals surface area contributed by atoms with Crippen LogP contribution in [0.15, 0.2) is 0 Å². The molecule has 0 aromatic heterocycles. The van der Waals surface area contributed by atoms with Crippen molar-refractivity contribution in [3.8, 4) is 0 Å². The summed E-state index contributed by atoms with van der Waals surface area (Å²) >= 11 is 0. The number of ether oxygens (including phenoxy) is 4. The van der Waals surface area contributed by atoms with E-state index in [-0.39, 0.29) is 24.3 Å². The third kappa shape index (κ3) is 2.48. The molecule has 0 aromatic carbocycles. The molecular weight excluding hydrogens is 183 g/mol. The highest BCUT2D eigenvalue weighted by Crippen LogP contribution is 2.24. The molecule has 1 saturated heterocycles. The van der Waals surface area contributed by atoms with Crippen LogP contribution < -0.4 is 0 Å². The topological polar surface area (TPSA) is 36.9 Å². The quantitative estimate of drug-likeness (QED) is 0.558. The molecule has 4 nitrogen and oxygen atoms in total. The minimum absolute atomic E-state index is 0.0171. The van der Waals surface area contributed by atoms with Gasteiger partial charge in [0.1, 0.15) is 26.2 Å². The van der Waals surface area contributed by atoms with Gasteiger partial charge in [-0.1, -0.05) is 0 Å². The van der Waals surface area contributed by atoms with E-state index in [0.29, 0.717) is 13.2 Å². The Morgan fingerprint density at radius 2 is 2.00 bits per heavy atom. The third-order valence-electron chi connectivity index (χ3n) is 2.50. The second-order valence-corrected chi connectivity index (χ2v) is 3.46. The van der Waals surface area contributed by atoms with Gasteiger partial charge in [0.2, 0.25) is 0 Å². The van der Waals surface area contributed by atoms with Crippen molar-refractivity contribution in [1.29, 1.82) is 0 Å². The monoisotopic (exact) mass is 202 g/mol. The Bertz CT molecular complexity index is 167. The van der Waals surface area contributed by atoms with Crippen molar-refractivity contribution in [2.75, 3.05) is 27.4 Å². The maximum absolute atomic E-state index is 5.70. The van der Waals surface area contributed by atoms with Crippen molar-refractivity contribution in [2.24, 2.45) is 0 Å². The number of rotatable bonds is 5. The van der Waals surface area contributed by atoms with E-state index in [1.54, 1.807) is 14.2 Å². The highest BCUT2D eigenvalue weighted by atomic mass is 16.6. The highest BCUT2D eigenvalue weighted by Gasteiger charge is 2.42. The number of hydrogen-bond acceptors (Lipinski definition) is 4. The normalized spacial score (nSPS) is 37.6. The van der Waals surface area contributed by atoms with Crippen LogP contribution >= 0.6 is 0 Å². The summed E-state index contributed by atoms with van der Waals surface area (Å²) < 4.78 is 21.7. The fourth-order valence-electron chi connectivity index (χ4n) is 1.92. The van der Waals surface area contributed by atoms with Crippen LogP contribution in [-0.2, 0) is 18.9 Å². The van der Waals surface area contributed by atoms with Gasteiger partial charge < -0.3 is 18.9 Å². The minimum Gasteiger partial charge on any atom is -0.382 e. The van der Waals surface area contributed by atoms with E-state index < -0.39 is 0 Å². The van der Waals surface area contributed by atoms with Crippen molar-refractivity contribution in [3.05, 3.63) is 0 Å². The molecule has 1 rings (SSSR count). The second kappa shape index (κ2) is 5.71. The Morgan fingerprint density at radius 1 is 1.29 bits per heavy atom. The summed E-state index contributed by atoms with van der Waals surface area (Å²) in [5, 5.41) is 0. The molecule has 0 aliphatic carbocycles. The molecule has 5 heteroatoms. The molecular formula is C9H19BO4.